The van der Waals surface area contributed by atoms with Gasteiger partial charge in [0, 0.05) is 43.0 Å². The van der Waals surface area contributed by atoms with Crippen molar-refractivity contribution in [3.05, 3.63) is 64.7 Å². The van der Waals surface area contributed by atoms with Crippen molar-refractivity contribution in [3.63, 3.8) is 0 Å². The minimum absolute atomic E-state index is 0.0610. The van der Waals surface area contributed by atoms with Gasteiger partial charge < -0.3 is 9.80 Å². The van der Waals surface area contributed by atoms with Crippen LogP contribution in [0.1, 0.15) is 40.0 Å². The summed E-state index contributed by atoms with van der Waals surface area (Å²) in [5.41, 5.74) is 4.99. The van der Waals surface area contributed by atoms with Gasteiger partial charge in [0.1, 0.15) is 11.5 Å². The molecule has 3 aliphatic rings. The third-order valence-electron chi connectivity index (χ3n) is 6.46. The molecule has 5 nitrogen and oxygen atoms in total. The van der Waals surface area contributed by atoms with Gasteiger partial charge in [-0.2, -0.15) is 0 Å². The quantitative estimate of drug-likeness (QED) is 0.804. The minimum Gasteiger partial charge on any atom is -0.336 e. The van der Waals surface area contributed by atoms with Crippen LogP contribution in [-0.4, -0.2) is 59.1 Å². The van der Waals surface area contributed by atoms with Crippen molar-refractivity contribution in [2.75, 3.05) is 32.7 Å². The van der Waals surface area contributed by atoms with Crippen LogP contribution < -0.4 is 0 Å². The number of rotatable bonds is 4. The molecule has 1 saturated heterocycles. The highest BCUT2D eigenvalue weighted by Crippen LogP contribution is 2.29. The molecular formula is C23H25FN4O. The topological polar surface area (TPSA) is 48.8 Å². The Morgan fingerprint density at radius 1 is 1.07 bits per heavy atom. The SMILES string of the molecule is O=C1c2ncccc2CCN1CCN1CCC(C2=NCc3cc(F)ccc32)CC1. The van der Waals surface area contributed by atoms with E-state index in [9.17, 15) is 9.18 Å². The first-order valence-electron chi connectivity index (χ1n) is 10.5. The van der Waals surface area contributed by atoms with Crippen molar-refractivity contribution in [2.45, 2.75) is 25.8 Å². The second-order valence-electron chi connectivity index (χ2n) is 8.17. The van der Waals surface area contributed by atoms with Crippen LogP contribution in [0.3, 0.4) is 0 Å². The van der Waals surface area contributed by atoms with Gasteiger partial charge >= 0.3 is 0 Å². The van der Waals surface area contributed by atoms with Crippen LogP contribution in [-0.2, 0) is 13.0 Å². The van der Waals surface area contributed by atoms with Gasteiger partial charge in [0.2, 0.25) is 0 Å². The van der Waals surface area contributed by atoms with E-state index in [0.29, 0.717) is 18.2 Å². The van der Waals surface area contributed by atoms with Crippen molar-refractivity contribution in [3.8, 4) is 0 Å². The lowest BCUT2D eigenvalue weighted by Crippen LogP contribution is -2.45. The van der Waals surface area contributed by atoms with E-state index in [1.807, 2.05) is 23.1 Å². The molecule has 1 amide bonds. The van der Waals surface area contributed by atoms with Gasteiger partial charge in [-0.05, 0) is 67.7 Å². The normalized spacial score (nSPS) is 19.8. The lowest BCUT2D eigenvalue weighted by Gasteiger charge is -2.34. The second-order valence-corrected chi connectivity index (χ2v) is 8.17. The zero-order chi connectivity index (χ0) is 19.8. The highest BCUT2D eigenvalue weighted by Gasteiger charge is 2.29. The fourth-order valence-electron chi connectivity index (χ4n) is 4.79. The number of nitrogens with zero attached hydrogens (tertiary/aromatic N) is 4. The molecule has 2 aromatic rings. The molecule has 0 unspecified atom stereocenters. The van der Waals surface area contributed by atoms with E-state index < -0.39 is 0 Å². The molecule has 29 heavy (non-hydrogen) atoms. The summed E-state index contributed by atoms with van der Waals surface area (Å²) in [6.07, 6.45) is 4.71. The second kappa shape index (κ2) is 7.67. The van der Waals surface area contributed by atoms with Crippen LogP contribution in [0.2, 0.25) is 0 Å². The molecule has 3 aliphatic heterocycles. The number of aromatic nitrogens is 1. The summed E-state index contributed by atoms with van der Waals surface area (Å²) < 4.78 is 13.4. The standard InChI is InChI=1S/C23H25FN4O/c24-19-3-4-20-18(14-19)15-26-21(20)17-5-9-27(10-6-17)12-13-28-11-7-16-2-1-8-25-22(16)23(28)29/h1-4,8,14,17H,5-7,9-13,15H2. The maximum Gasteiger partial charge on any atom is 0.272 e. The van der Waals surface area contributed by atoms with Gasteiger partial charge in [-0.25, -0.2) is 4.39 Å². The van der Waals surface area contributed by atoms with Crippen LogP contribution >= 0.6 is 0 Å². The van der Waals surface area contributed by atoms with Crippen molar-refractivity contribution in [1.82, 2.24) is 14.8 Å². The highest BCUT2D eigenvalue weighted by atomic mass is 19.1. The van der Waals surface area contributed by atoms with Crippen LogP contribution in [0.5, 0.6) is 0 Å². The molecule has 5 rings (SSSR count). The van der Waals surface area contributed by atoms with Crippen molar-refractivity contribution in [2.24, 2.45) is 10.9 Å². The molecular weight excluding hydrogens is 367 g/mol. The third kappa shape index (κ3) is 3.57. The Bertz CT molecular complexity index is 965. The van der Waals surface area contributed by atoms with Gasteiger partial charge in [-0.1, -0.05) is 6.07 Å². The highest BCUT2D eigenvalue weighted by molar-refractivity contribution is 6.05. The Balaban J connectivity index is 1.15. The Hall–Kier alpha value is -2.60. The number of benzene rings is 1. The van der Waals surface area contributed by atoms with E-state index >= 15 is 0 Å². The monoisotopic (exact) mass is 392 g/mol. The number of hydrogen-bond donors (Lipinski definition) is 0. The predicted molar refractivity (Wildman–Crippen MR) is 110 cm³/mol. The summed E-state index contributed by atoms with van der Waals surface area (Å²) >= 11 is 0. The van der Waals surface area contributed by atoms with Gasteiger partial charge in [0.05, 0.1) is 6.54 Å². The molecule has 0 saturated carbocycles. The third-order valence-corrected chi connectivity index (χ3v) is 6.46. The number of hydrogen-bond acceptors (Lipinski definition) is 4. The molecule has 0 bridgehead atoms. The van der Waals surface area contributed by atoms with Gasteiger partial charge in [0.15, 0.2) is 0 Å². The van der Waals surface area contributed by atoms with Gasteiger partial charge in [-0.15, -0.1) is 0 Å². The molecule has 0 spiro atoms. The lowest BCUT2D eigenvalue weighted by atomic mass is 9.87. The van der Waals surface area contributed by atoms with Gasteiger partial charge in [-0.3, -0.25) is 14.8 Å². The Labute approximate surface area is 170 Å². The molecule has 4 heterocycles. The van der Waals surface area contributed by atoms with Crippen LogP contribution in [0.4, 0.5) is 4.39 Å². The number of likely N-dealkylation sites (tertiary alicyclic amines) is 1. The molecule has 0 atom stereocenters. The molecule has 1 aromatic carbocycles. The summed E-state index contributed by atoms with van der Waals surface area (Å²) in [5, 5.41) is 0. The zero-order valence-corrected chi connectivity index (χ0v) is 16.5. The molecule has 1 fully saturated rings. The van der Waals surface area contributed by atoms with E-state index in [2.05, 4.69) is 9.88 Å². The summed E-state index contributed by atoms with van der Waals surface area (Å²) in [4.78, 5) is 26.0. The Kier molecular flexibility index (Phi) is 4.87. The van der Waals surface area contributed by atoms with E-state index in [4.69, 9.17) is 4.99 Å². The maximum absolute atomic E-state index is 13.4. The largest absolute Gasteiger partial charge is 0.336 e. The number of amides is 1. The number of aliphatic imine (C=N–C) groups is 1. The minimum atomic E-state index is -0.180. The fourth-order valence-corrected chi connectivity index (χ4v) is 4.79. The van der Waals surface area contributed by atoms with E-state index in [-0.39, 0.29) is 11.7 Å². The average molecular weight is 392 g/mol. The molecule has 150 valence electrons. The van der Waals surface area contributed by atoms with Gasteiger partial charge in [0.25, 0.3) is 5.91 Å². The van der Waals surface area contributed by atoms with E-state index in [1.165, 1.54) is 6.07 Å². The zero-order valence-electron chi connectivity index (χ0n) is 16.5. The molecule has 0 aliphatic carbocycles. The number of carbonyl (C=O) groups is 1. The summed E-state index contributed by atoms with van der Waals surface area (Å²) in [6.45, 7) is 5.05. The number of piperidine rings is 1. The van der Waals surface area contributed by atoms with Crippen molar-refractivity contribution >= 4 is 11.6 Å². The first-order valence-corrected chi connectivity index (χ1v) is 10.5. The number of carbonyl (C=O) groups excluding carboxylic acids is 1. The fraction of sp³-hybridized carbons (Fsp3) is 0.435. The Morgan fingerprint density at radius 3 is 2.79 bits per heavy atom. The summed E-state index contributed by atoms with van der Waals surface area (Å²) in [5.74, 6) is 0.330. The Morgan fingerprint density at radius 2 is 1.93 bits per heavy atom. The summed E-state index contributed by atoms with van der Waals surface area (Å²) in [7, 11) is 0. The van der Waals surface area contributed by atoms with Crippen molar-refractivity contribution in [1.29, 1.82) is 0 Å². The first-order chi connectivity index (χ1) is 14.2. The molecule has 0 N–H and O–H groups in total. The smallest absolute Gasteiger partial charge is 0.272 e. The number of pyridine rings is 1. The average Bonchev–Trinajstić information content (AvgIpc) is 3.17. The molecule has 0 radical (unpaired) electrons. The summed E-state index contributed by atoms with van der Waals surface area (Å²) in [6, 6.07) is 8.94. The predicted octanol–water partition coefficient (Wildman–Crippen LogP) is 2.93. The lowest BCUT2D eigenvalue weighted by molar-refractivity contribution is 0.0703. The van der Waals surface area contributed by atoms with Crippen LogP contribution in [0.15, 0.2) is 41.5 Å². The first kappa shape index (κ1) is 18.4. The number of halogens is 1. The molecule has 6 heteroatoms. The molecule has 1 aromatic heterocycles. The van der Waals surface area contributed by atoms with E-state index in [1.54, 1.807) is 12.3 Å². The van der Waals surface area contributed by atoms with Crippen molar-refractivity contribution < 1.29 is 9.18 Å². The van der Waals surface area contributed by atoms with Crippen LogP contribution in [0.25, 0.3) is 0 Å². The number of fused-ring (bicyclic) bond motifs is 2. The maximum atomic E-state index is 13.4. The van der Waals surface area contributed by atoms with Crippen LogP contribution in [0, 0.1) is 11.7 Å². The van der Waals surface area contributed by atoms with E-state index in [0.717, 1.165) is 74.4 Å².